The third-order valence-electron chi connectivity index (χ3n) is 4.37. The first kappa shape index (κ1) is 19.8. The summed E-state index contributed by atoms with van der Waals surface area (Å²) < 4.78 is 4.97. The van der Waals surface area contributed by atoms with Gasteiger partial charge in [0.25, 0.3) is 0 Å². The summed E-state index contributed by atoms with van der Waals surface area (Å²) in [6.45, 7) is 2.44. The predicted molar refractivity (Wildman–Crippen MR) is 108 cm³/mol. The molecular formula is C19H22ClN5O3. The molecule has 1 aliphatic rings. The average molecular weight is 404 g/mol. The van der Waals surface area contributed by atoms with Crippen molar-refractivity contribution in [3.63, 3.8) is 0 Å². The second-order valence-corrected chi connectivity index (χ2v) is 6.69. The van der Waals surface area contributed by atoms with Crippen LogP contribution in [0.4, 0.5) is 16.2 Å². The van der Waals surface area contributed by atoms with E-state index in [4.69, 9.17) is 16.3 Å². The molecule has 0 unspecified atom stereocenters. The maximum Gasteiger partial charge on any atom is 0.317 e. The van der Waals surface area contributed by atoms with E-state index in [0.29, 0.717) is 42.8 Å². The molecule has 1 aromatic carbocycles. The quantitative estimate of drug-likeness (QED) is 0.799. The number of anilines is 2. The number of pyridine rings is 1. The fourth-order valence-corrected chi connectivity index (χ4v) is 3.07. The average Bonchev–Trinajstić information content (AvgIpc) is 2.72. The second-order valence-electron chi connectivity index (χ2n) is 6.25. The zero-order chi connectivity index (χ0) is 19.9. The van der Waals surface area contributed by atoms with Crippen molar-refractivity contribution in [1.29, 1.82) is 0 Å². The molecule has 2 heterocycles. The summed E-state index contributed by atoms with van der Waals surface area (Å²) in [6.07, 6.45) is 1.49. The lowest BCUT2D eigenvalue weighted by Gasteiger charge is -2.36. The lowest BCUT2D eigenvalue weighted by atomic mass is 10.2. The van der Waals surface area contributed by atoms with E-state index >= 15 is 0 Å². The van der Waals surface area contributed by atoms with E-state index in [1.807, 2.05) is 24.3 Å². The summed E-state index contributed by atoms with van der Waals surface area (Å²) >= 11 is 6.04. The molecule has 148 valence electrons. The highest BCUT2D eigenvalue weighted by atomic mass is 35.5. The molecule has 1 fully saturated rings. The molecule has 3 amide bonds. The van der Waals surface area contributed by atoms with Crippen LogP contribution >= 0.6 is 11.6 Å². The Morgan fingerprint density at radius 2 is 1.96 bits per heavy atom. The van der Waals surface area contributed by atoms with Crippen LogP contribution in [0.3, 0.4) is 0 Å². The fourth-order valence-electron chi connectivity index (χ4n) is 2.89. The van der Waals surface area contributed by atoms with Gasteiger partial charge in [0.05, 0.1) is 25.5 Å². The van der Waals surface area contributed by atoms with Crippen LogP contribution in [0.2, 0.25) is 5.02 Å². The van der Waals surface area contributed by atoms with Gasteiger partial charge in [0.15, 0.2) is 0 Å². The molecule has 1 aliphatic heterocycles. The summed E-state index contributed by atoms with van der Waals surface area (Å²) in [4.78, 5) is 32.2. The van der Waals surface area contributed by atoms with Crippen molar-refractivity contribution in [2.24, 2.45) is 0 Å². The van der Waals surface area contributed by atoms with Gasteiger partial charge in [-0.05, 0) is 24.3 Å². The molecule has 28 heavy (non-hydrogen) atoms. The zero-order valence-electron chi connectivity index (χ0n) is 15.5. The van der Waals surface area contributed by atoms with E-state index in [1.54, 1.807) is 17.0 Å². The Bertz CT molecular complexity index is 823. The molecule has 0 bridgehead atoms. The van der Waals surface area contributed by atoms with Crippen molar-refractivity contribution in [2.75, 3.05) is 50.1 Å². The number of aromatic nitrogens is 1. The van der Waals surface area contributed by atoms with Crippen molar-refractivity contribution >= 4 is 34.9 Å². The number of benzene rings is 1. The van der Waals surface area contributed by atoms with E-state index in [-0.39, 0.29) is 18.5 Å². The van der Waals surface area contributed by atoms with Crippen molar-refractivity contribution in [1.82, 2.24) is 15.2 Å². The number of nitrogens with one attached hydrogen (secondary N) is 2. The van der Waals surface area contributed by atoms with Crippen LogP contribution in [0.25, 0.3) is 0 Å². The fraction of sp³-hybridized carbons (Fsp3) is 0.316. The summed E-state index contributed by atoms with van der Waals surface area (Å²) in [7, 11) is 1.52. The Labute approximate surface area is 168 Å². The Kier molecular flexibility index (Phi) is 6.54. The van der Waals surface area contributed by atoms with Crippen LogP contribution in [0, 0.1) is 0 Å². The molecule has 2 aromatic rings. The number of urea groups is 1. The standard InChI is InChI=1S/C19H22ClN5O3/c1-28-18-6-5-15(12-21-18)23-17(26)13-22-19(27)25-9-7-24(8-10-25)16-4-2-3-14(20)11-16/h2-6,11-12H,7-10,13H2,1H3,(H,22,27)(H,23,26). The van der Waals surface area contributed by atoms with Crippen LogP contribution in [-0.2, 0) is 4.79 Å². The number of hydrogen-bond donors (Lipinski definition) is 2. The molecule has 8 nitrogen and oxygen atoms in total. The largest absolute Gasteiger partial charge is 0.481 e. The summed E-state index contributed by atoms with van der Waals surface area (Å²) in [5.74, 6) is 0.140. The van der Waals surface area contributed by atoms with Crippen LogP contribution in [-0.4, -0.2) is 61.7 Å². The van der Waals surface area contributed by atoms with Crippen LogP contribution < -0.4 is 20.3 Å². The normalized spacial score (nSPS) is 13.8. The van der Waals surface area contributed by atoms with Crippen LogP contribution in [0.15, 0.2) is 42.6 Å². The Morgan fingerprint density at radius 3 is 2.61 bits per heavy atom. The zero-order valence-corrected chi connectivity index (χ0v) is 16.3. The molecule has 0 radical (unpaired) electrons. The predicted octanol–water partition coefficient (Wildman–Crippen LogP) is 2.21. The van der Waals surface area contributed by atoms with Gasteiger partial charge in [-0.3, -0.25) is 4.79 Å². The molecule has 0 saturated carbocycles. The number of carbonyl (C=O) groups excluding carboxylic acids is 2. The maximum absolute atomic E-state index is 12.3. The van der Waals surface area contributed by atoms with Gasteiger partial charge in [0.2, 0.25) is 11.8 Å². The monoisotopic (exact) mass is 403 g/mol. The SMILES string of the molecule is COc1ccc(NC(=O)CNC(=O)N2CCN(c3cccc(Cl)c3)CC2)cn1. The second kappa shape index (κ2) is 9.27. The molecule has 1 saturated heterocycles. The summed E-state index contributed by atoms with van der Waals surface area (Å²) in [5.41, 5.74) is 1.58. The number of hydrogen-bond acceptors (Lipinski definition) is 5. The smallest absolute Gasteiger partial charge is 0.317 e. The van der Waals surface area contributed by atoms with Gasteiger partial charge >= 0.3 is 6.03 Å². The number of piperazine rings is 1. The lowest BCUT2D eigenvalue weighted by Crippen LogP contribution is -2.52. The van der Waals surface area contributed by atoms with Crippen molar-refractivity contribution in [3.8, 4) is 5.88 Å². The third-order valence-corrected chi connectivity index (χ3v) is 4.60. The topological polar surface area (TPSA) is 86.8 Å². The minimum atomic E-state index is -0.321. The number of halogens is 1. The highest BCUT2D eigenvalue weighted by Crippen LogP contribution is 2.20. The highest BCUT2D eigenvalue weighted by molar-refractivity contribution is 6.30. The first-order chi connectivity index (χ1) is 13.5. The molecule has 0 atom stereocenters. The van der Waals surface area contributed by atoms with Crippen molar-refractivity contribution in [3.05, 3.63) is 47.6 Å². The van der Waals surface area contributed by atoms with Gasteiger partial charge in [0, 0.05) is 43.0 Å². The highest BCUT2D eigenvalue weighted by Gasteiger charge is 2.21. The van der Waals surface area contributed by atoms with Gasteiger partial charge in [-0.15, -0.1) is 0 Å². The van der Waals surface area contributed by atoms with Gasteiger partial charge in [-0.2, -0.15) is 0 Å². The number of amides is 3. The van der Waals surface area contributed by atoms with E-state index < -0.39 is 0 Å². The molecular weight excluding hydrogens is 382 g/mol. The summed E-state index contributed by atoms with van der Waals surface area (Å²) in [6, 6.07) is 10.7. The molecule has 2 N–H and O–H groups in total. The van der Waals surface area contributed by atoms with Gasteiger partial charge in [0.1, 0.15) is 0 Å². The van der Waals surface area contributed by atoms with Crippen molar-refractivity contribution < 1.29 is 14.3 Å². The van der Waals surface area contributed by atoms with E-state index in [1.165, 1.54) is 13.3 Å². The maximum atomic E-state index is 12.3. The minimum absolute atomic E-state index is 0.112. The first-order valence-corrected chi connectivity index (χ1v) is 9.26. The molecule has 3 rings (SSSR count). The number of rotatable bonds is 5. The van der Waals surface area contributed by atoms with Gasteiger partial charge in [-0.25, -0.2) is 9.78 Å². The molecule has 9 heteroatoms. The number of nitrogens with zero attached hydrogens (tertiary/aromatic N) is 3. The molecule has 1 aromatic heterocycles. The van der Waals surface area contributed by atoms with E-state index in [2.05, 4.69) is 20.5 Å². The third kappa shape index (κ3) is 5.26. The number of carbonyl (C=O) groups is 2. The lowest BCUT2D eigenvalue weighted by molar-refractivity contribution is -0.115. The Hall–Kier alpha value is -3.00. The molecule has 0 aliphatic carbocycles. The Morgan fingerprint density at radius 1 is 1.18 bits per heavy atom. The minimum Gasteiger partial charge on any atom is -0.481 e. The molecule has 0 spiro atoms. The van der Waals surface area contributed by atoms with Gasteiger partial charge in [-0.1, -0.05) is 17.7 Å². The van der Waals surface area contributed by atoms with Crippen molar-refractivity contribution in [2.45, 2.75) is 0 Å². The number of methoxy groups -OCH3 is 1. The Balaban J connectivity index is 1.42. The first-order valence-electron chi connectivity index (χ1n) is 8.88. The summed E-state index contributed by atoms with van der Waals surface area (Å²) in [5, 5.41) is 6.01. The van der Waals surface area contributed by atoms with Crippen LogP contribution in [0.5, 0.6) is 5.88 Å². The van der Waals surface area contributed by atoms with Crippen LogP contribution in [0.1, 0.15) is 0 Å². The van der Waals surface area contributed by atoms with E-state index in [0.717, 1.165) is 5.69 Å². The number of ether oxygens (including phenoxy) is 1. The van der Waals surface area contributed by atoms with Gasteiger partial charge < -0.3 is 25.2 Å². The van der Waals surface area contributed by atoms with E-state index in [9.17, 15) is 9.59 Å².